The number of hydrogen-bond acceptors (Lipinski definition) is 8. The normalized spacial score (nSPS) is 12.4. The summed E-state index contributed by atoms with van der Waals surface area (Å²) in [5.74, 6) is -3.24. The Morgan fingerprint density at radius 1 is 1.30 bits per heavy atom. The fourth-order valence-corrected chi connectivity index (χ4v) is 5.41. The molecule has 9 nitrogen and oxygen atoms in total. The van der Waals surface area contributed by atoms with E-state index in [1.54, 1.807) is 12.5 Å². The Bertz CT molecular complexity index is 1230. The van der Waals surface area contributed by atoms with Crippen molar-refractivity contribution in [3.63, 3.8) is 0 Å². The highest BCUT2D eigenvalue weighted by Crippen LogP contribution is 2.19. The zero-order valence-electron chi connectivity index (χ0n) is 16.3. The highest BCUT2D eigenvalue weighted by atomic mass is 32.2. The van der Waals surface area contributed by atoms with Crippen molar-refractivity contribution in [1.82, 2.24) is 9.55 Å². The van der Waals surface area contributed by atoms with Crippen molar-refractivity contribution in [2.45, 2.75) is 13.5 Å². The molecular formula is C18H20N4O5S3. The molecule has 2 amide bonds. The first kappa shape index (κ1) is 22.3. The second-order valence-corrected chi connectivity index (χ2v) is 10.4. The number of aryl methyl sites for hydroxylation is 1. The number of nitrogens with one attached hydrogen (secondary N) is 1. The van der Waals surface area contributed by atoms with Crippen LogP contribution in [0, 0.1) is 6.92 Å². The van der Waals surface area contributed by atoms with Crippen molar-refractivity contribution >= 4 is 59.7 Å². The number of anilines is 1. The molecule has 1 aromatic carbocycles. The van der Waals surface area contributed by atoms with E-state index in [0.29, 0.717) is 23.1 Å². The Morgan fingerprint density at radius 3 is 2.80 bits per heavy atom. The van der Waals surface area contributed by atoms with Crippen LogP contribution in [0.3, 0.4) is 0 Å². The molecule has 1 N–H and O–H groups in total. The van der Waals surface area contributed by atoms with Crippen LogP contribution >= 0.6 is 22.7 Å². The number of nitrogens with zero attached hydrogens (tertiary/aromatic N) is 3. The minimum Gasteiger partial charge on any atom is -0.383 e. The number of carbonyl (C=O) groups excluding carboxylic acids is 2. The molecule has 0 fully saturated rings. The third kappa shape index (κ3) is 5.81. The summed E-state index contributed by atoms with van der Waals surface area (Å²) in [5.41, 5.74) is 1.95. The van der Waals surface area contributed by atoms with Gasteiger partial charge in [-0.25, -0.2) is 13.4 Å². The number of aromatic nitrogens is 2. The number of thiazole rings is 2. The summed E-state index contributed by atoms with van der Waals surface area (Å²) in [6.07, 6.45) is 1.49. The molecule has 0 spiro atoms. The third-order valence-electron chi connectivity index (χ3n) is 3.95. The van der Waals surface area contributed by atoms with Gasteiger partial charge in [-0.2, -0.15) is 4.99 Å². The first-order valence-electron chi connectivity index (χ1n) is 8.83. The lowest BCUT2D eigenvalue weighted by atomic mass is 10.2. The number of methoxy groups -OCH3 is 1. The fraction of sp³-hybridized carbons (Fsp3) is 0.333. The van der Waals surface area contributed by atoms with E-state index in [1.807, 2.05) is 29.7 Å². The average molecular weight is 469 g/mol. The molecule has 0 aliphatic rings. The Hall–Kier alpha value is -2.41. The van der Waals surface area contributed by atoms with Gasteiger partial charge in [0.05, 0.1) is 16.8 Å². The van der Waals surface area contributed by atoms with E-state index in [-0.39, 0.29) is 0 Å². The number of amides is 2. The van der Waals surface area contributed by atoms with Gasteiger partial charge >= 0.3 is 0 Å². The number of hydrogen-bond donors (Lipinski definition) is 1. The van der Waals surface area contributed by atoms with Gasteiger partial charge in [-0.15, -0.1) is 11.3 Å². The Morgan fingerprint density at radius 2 is 2.10 bits per heavy atom. The van der Waals surface area contributed by atoms with Crippen molar-refractivity contribution in [1.29, 1.82) is 0 Å². The van der Waals surface area contributed by atoms with Crippen LogP contribution in [-0.4, -0.2) is 55.0 Å². The fourth-order valence-electron chi connectivity index (χ4n) is 2.68. The molecule has 160 valence electrons. The number of carbonyl (C=O) groups is 2. The zero-order valence-corrected chi connectivity index (χ0v) is 18.8. The minimum atomic E-state index is -3.98. The molecule has 0 saturated heterocycles. The summed E-state index contributed by atoms with van der Waals surface area (Å²) in [5, 5.41) is 4.34. The van der Waals surface area contributed by atoms with Gasteiger partial charge in [-0.3, -0.25) is 9.59 Å². The highest BCUT2D eigenvalue weighted by molar-refractivity contribution is 7.92. The minimum absolute atomic E-state index is 0.297. The van der Waals surface area contributed by atoms with Gasteiger partial charge in [0.1, 0.15) is 11.5 Å². The molecule has 2 aromatic heterocycles. The predicted molar refractivity (Wildman–Crippen MR) is 116 cm³/mol. The summed E-state index contributed by atoms with van der Waals surface area (Å²) >= 11 is 2.47. The van der Waals surface area contributed by atoms with E-state index in [9.17, 15) is 18.0 Å². The summed E-state index contributed by atoms with van der Waals surface area (Å²) < 4.78 is 32.4. The second-order valence-electron chi connectivity index (χ2n) is 6.42. The molecule has 3 rings (SSSR count). The largest absolute Gasteiger partial charge is 0.383 e. The van der Waals surface area contributed by atoms with Crippen LogP contribution in [-0.2, 0) is 30.7 Å². The molecule has 0 unspecified atom stereocenters. The van der Waals surface area contributed by atoms with Crippen molar-refractivity contribution in [2.75, 3.05) is 30.5 Å². The molecule has 0 aliphatic heterocycles. The number of rotatable bonds is 8. The zero-order chi connectivity index (χ0) is 21.7. The van der Waals surface area contributed by atoms with Gasteiger partial charge in [-0.05, 0) is 24.6 Å². The lowest BCUT2D eigenvalue weighted by Gasteiger charge is -2.05. The van der Waals surface area contributed by atoms with Crippen molar-refractivity contribution in [2.24, 2.45) is 4.99 Å². The summed E-state index contributed by atoms with van der Waals surface area (Å²) in [6, 6.07) is 5.86. The maximum Gasteiger partial charge on any atom is 0.263 e. The number of benzene rings is 1. The second kappa shape index (κ2) is 9.60. The van der Waals surface area contributed by atoms with Crippen molar-refractivity contribution in [3.8, 4) is 0 Å². The lowest BCUT2D eigenvalue weighted by Crippen LogP contribution is -2.28. The number of ether oxygens (including phenoxy) is 1. The molecular weight excluding hydrogens is 448 g/mol. The van der Waals surface area contributed by atoms with Gasteiger partial charge in [0.2, 0.25) is 5.91 Å². The van der Waals surface area contributed by atoms with E-state index in [0.717, 1.165) is 15.8 Å². The van der Waals surface area contributed by atoms with Gasteiger partial charge in [0, 0.05) is 25.2 Å². The van der Waals surface area contributed by atoms with Crippen LogP contribution in [0.5, 0.6) is 0 Å². The van der Waals surface area contributed by atoms with Crippen LogP contribution in [0.1, 0.15) is 5.56 Å². The predicted octanol–water partition coefficient (Wildman–Crippen LogP) is 1.59. The summed E-state index contributed by atoms with van der Waals surface area (Å²) in [7, 11) is -2.40. The first-order valence-corrected chi connectivity index (χ1v) is 12.4. The van der Waals surface area contributed by atoms with Crippen LogP contribution in [0.2, 0.25) is 0 Å². The average Bonchev–Trinajstić information content (AvgIpc) is 3.25. The summed E-state index contributed by atoms with van der Waals surface area (Å²) in [6.45, 7) is 2.84. The molecule has 0 radical (unpaired) electrons. The van der Waals surface area contributed by atoms with Gasteiger partial charge in [-0.1, -0.05) is 17.4 Å². The molecule has 0 atom stereocenters. The maximum atomic E-state index is 12.4. The first-order chi connectivity index (χ1) is 14.3. The molecule has 30 heavy (non-hydrogen) atoms. The van der Waals surface area contributed by atoms with E-state index >= 15 is 0 Å². The van der Waals surface area contributed by atoms with Crippen molar-refractivity contribution in [3.05, 3.63) is 40.1 Å². The lowest BCUT2D eigenvalue weighted by molar-refractivity contribution is -0.115. The maximum absolute atomic E-state index is 12.4. The molecule has 0 aliphatic carbocycles. The number of sulfone groups is 1. The van der Waals surface area contributed by atoms with E-state index in [1.165, 1.54) is 28.9 Å². The Kier molecular flexibility index (Phi) is 7.13. The van der Waals surface area contributed by atoms with Crippen LogP contribution in [0.15, 0.2) is 34.8 Å². The van der Waals surface area contributed by atoms with Gasteiger partial charge in [0.15, 0.2) is 19.8 Å². The molecule has 0 saturated carbocycles. The smallest absolute Gasteiger partial charge is 0.263 e. The summed E-state index contributed by atoms with van der Waals surface area (Å²) in [4.78, 5) is 32.5. The van der Waals surface area contributed by atoms with Gasteiger partial charge in [0.25, 0.3) is 5.91 Å². The third-order valence-corrected chi connectivity index (χ3v) is 7.07. The quantitative estimate of drug-likeness (QED) is 0.536. The highest BCUT2D eigenvalue weighted by Gasteiger charge is 2.21. The van der Waals surface area contributed by atoms with E-state index < -0.39 is 33.2 Å². The molecule has 12 heteroatoms. The molecule has 0 bridgehead atoms. The Balaban J connectivity index is 1.79. The van der Waals surface area contributed by atoms with Crippen LogP contribution in [0.25, 0.3) is 10.2 Å². The van der Waals surface area contributed by atoms with Crippen molar-refractivity contribution < 1.29 is 22.7 Å². The van der Waals surface area contributed by atoms with Crippen LogP contribution in [0.4, 0.5) is 5.13 Å². The van der Waals surface area contributed by atoms with E-state index in [4.69, 9.17) is 4.74 Å². The molecule has 2 heterocycles. The standard InChI is InChI=1S/C18H20N4O5S3/c1-12-3-4-13-14(9-12)29-18(22(13)6-7-27-2)21-16(24)11-30(25,26)10-15(23)20-17-19-5-8-28-17/h3-5,8-9H,6-7,10-11H2,1-2H3,(H,19,20,23). The topological polar surface area (TPSA) is 120 Å². The van der Waals surface area contributed by atoms with Gasteiger partial charge < -0.3 is 14.6 Å². The monoisotopic (exact) mass is 468 g/mol. The Labute approximate surface area is 181 Å². The van der Waals surface area contributed by atoms with Crippen LogP contribution < -0.4 is 10.1 Å². The van der Waals surface area contributed by atoms with E-state index in [2.05, 4.69) is 15.3 Å². The molecule has 3 aromatic rings. The number of fused-ring (bicyclic) bond motifs is 1. The SMILES string of the molecule is COCCn1c(=NC(=O)CS(=O)(=O)CC(=O)Nc2nccs2)sc2cc(C)ccc21.